The maximum atomic E-state index is 13.7. The SMILES string of the molecule is [C-]#[N+]c1cnc(NC(C)C2CCN(S(C)(=O)=O)CC2)nc1-c1c[nH]c2ncc(F)cc12. The highest BCUT2D eigenvalue weighted by Gasteiger charge is 2.28. The normalized spacial score (nSPS) is 16.8. The number of piperidine rings is 1. The standard InChI is InChI=1S/C20H22FN7O2S/c1-12(13-4-6-28(7-5-13)31(3,29)30)26-20-25-11-17(22-2)18(27-20)16-10-24-19-15(16)8-14(21)9-23-19/h8-13H,4-7H2,1,3H3,(H,23,24)(H,25,26,27). The topological polar surface area (TPSA) is 108 Å². The first kappa shape index (κ1) is 21.1. The van der Waals surface area contributed by atoms with Crippen molar-refractivity contribution in [1.29, 1.82) is 0 Å². The van der Waals surface area contributed by atoms with E-state index < -0.39 is 15.8 Å². The molecule has 162 valence electrons. The molecule has 11 heteroatoms. The van der Waals surface area contributed by atoms with Crippen LogP contribution in [0.1, 0.15) is 19.8 Å². The van der Waals surface area contributed by atoms with Gasteiger partial charge in [-0.3, -0.25) is 0 Å². The zero-order valence-corrected chi connectivity index (χ0v) is 17.9. The van der Waals surface area contributed by atoms with Crippen LogP contribution in [0.3, 0.4) is 0 Å². The van der Waals surface area contributed by atoms with Crippen molar-refractivity contribution in [2.24, 2.45) is 5.92 Å². The summed E-state index contributed by atoms with van der Waals surface area (Å²) in [6, 6.07) is 1.37. The third-order valence-corrected chi connectivity index (χ3v) is 6.98. The molecule has 0 amide bonds. The van der Waals surface area contributed by atoms with Crippen molar-refractivity contribution >= 4 is 32.7 Å². The van der Waals surface area contributed by atoms with Crippen LogP contribution in [0.4, 0.5) is 16.0 Å². The molecule has 4 rings (SSSR count). The highest BCUT2D eigenvalue weighted by atomic mass is 32.2. The highest BCUT2D eigenvalue weighted by molar-refractivity contribution is 7.88. The quantitative estimate of drug-likeness (QED) is 0.587. The minimum absolute atomic E-state index is 0.00966. The summed E-state index contributed by atoms with van der Waals surface area (Å²) in [6.45, 7) is 10.4. The molecule has 0 spiro atoms. The third-order valence-electron chi connectivity index (χ3n) is 5.67. The lowest BCUT2D eigenvalue weighted by Crippen LogP contribution is -2.41. The van der Waals surface area contributed by atoms with Gasteiger partial charge in [0.25, 0.3) is 0 Å². The third kappa shape index (κ3) is 4.35. The Morgan fingerprint density at radius 2 is 2.06 bits per heavy atom. The molecule has 1 aliphatic heterocycles. The Kier molecular flexibility index (Phi) is 5.60. The maximum Gasteiger partial charge on any atom is 0.231 e. The van der Waals surface area contributed by atoms with E-state index >= 15 is 0 Å². The van der Waals surface area contributed by atoms with Gasteiger partial charge in [0.05, 0.1) is 24.7 Å². The second-order valence-corrected chi connectivity index (χ2v) is 9.71. The van der Waals surface area contributed by atoms with Gasteiger partial charge in [0.15, 0.2) is 0 Å². The summed E-state index contributed by atoms with van der Waals surface area (Å²) in [5, 5.41) is 3.82. The molecule has 0 bridgehead atoms. The number of nitrogens with one attached hydrogen (secondary N) is 2. The summed E-state index contributed by atoms with van der Waals surface area (Å²) in [5.41, 5.74) is 1.73. The van der Waals surface area contributed by atoms with Crippen molar-refractivity contribution in [2.75, 3.05) is 24.7 Å². The van der Waals surface area contributed by atoms with Crippen molar-refractivity contribution in [3.05, 3.63) is 41.9 Å². The second-order valence-electron chi connectivity index (χ2n) is 7.72. The minimum atomic E-state index is -3.17. The van der Waals surface area contributed by atoms with Gasteiger partial charge >= 0.3 is 0 Å². The average molecular weight is 444 g/mol. The Morgan fingerprint density at radius 1 is 1.32 bits per heavy atom. The summed E-state index contributed by atoms with van der Waals surface area (Å²) in [4.78, 5) is 19.3. The molecule has 3 aromatic heterocycles. The molecular weight excluding hydrogens is 421 g/mol. The van der Waals surface area contributed by atoms with Crippen molar-refractivity contribution < 1.29 is 12.8 Å². The van der Waals surface area contributed by atoms with Crippen molar-refractivity contribution in [3.63, 3.8) is 0 Å². The fourth-order valence-corrected chi connectivity index (χ4v) is 4.80. The number of hydrogen-bond donors (Lipinski definition) is 2. The molecule has 0 saturated carbocycles. The van der Waals surface area contributed by atoms with E-state index in [1.54, 1.807) is 6.20 Å². The van der Waals surface area contributed by atoms with Crippen molar-refractivity contribution in [1.82, 2.24) is 24.2 Å². The van der Waals surface area contributed by atoms with E-state index in [0.717, 1.165) is 19.0 Å². The Hall–Kier alpha value is -3.10. The molecule has 0 radical (unpaired) electrons. The number of halogens is 1. The van der Waals surface area contributed by atoms with E-state index in [9.17, 15) is 12.8 Å². The molecule has 3 aromatic rings. The molecule has 1 fully saturated rings. The number of pyridine rings is 1. The van der Waals surface area contributed by atoms with Gasteiger partial charge in [-0.2, -0.15) is 0 Å². The van der Waals surface area contributed by atoms with Crippen LogP contribution in [-0.4, -0.2) is 58.0 Å². The fraction of sp³-hybridized carbons (Fsp3) is 0.400. The number of anilines is 1. The van der Waals surface area contributed by atoms with Gasteiger partial charge in [-0.1, -0.05) is 0 Å². The minimum Gasteiger partial charge on any atom is -0.352 e. The summed E-state index contributed by atoms with van der Waals surface area (Å²) in [7, 11) is -3.17. The Bertz CT molecular complexity index is 1260. The van der Waals surface area contributed by atoms with E-state index in [-0.39, 0.29) is 17.6 Å². The molecule has 0 aliphatic carbocycles. The maximum absolute atomic E-state index is 13.7. The first-order valence-electron chi connectivity index (χ1n) is 9.85. The Balaban J connectivity index is 1.57. The van der Waals surface area contributed by atoms with Crippen LogP contribution in [0.15, 0.2) is 24.7 Å². The second kappa shape index (κ2) is 8.20. The number of fused-ring (bicyclic) bond motifs is 1. The van der Waals surface area contributed by atoms with Crippen LogP contribution < -0.4 is 5.32 Å². The van der Waals surface area contributed by atoms with Crippen LogP contribution in [0, 0.1) is 18.3 Å². The van der Waals surface area contributed by atoms with E-state index in [1.807, 2.05) is 6.92 Å². The summed E-state index contributed by atoms with van der Waals surface area (Å²) in [6.07, 6.45) is 6.94. The summed E-state index contributed by atoms with van der Waals surface area (Å²) >= 11 is 0. The number of sulfonamides is 1. The van der Waals surface area contributed by atoms with Crippen LogP contribution in [0.2, 0.25) is 0 Å². The van der Waals surface area contributed by atoms with Gasteiger partial charge < -0.3 is 10.3 Å². The van der Waals surface area contributed by atoms with Gasteiger partial charge in [-0.05, 0) is 31.7 Å². The average Bonchev–Trinajstić information content (AvgIpc) is 3.16. The molecule has 1 unspecified atom stereocenters. The smallest absolute Gasteiger partial charge is 0.231 e. The van der Waals surface area contributed by atoms with Crippen LogP contribution in [0.25, 0.3) is 27.1 Å². The van der Waals surface area contributed by atoms with Crippen molar-refractivity contribution in [3.8, 4) is 11.3 Å². The lowest BCUT2D eigenvalue weighted by Gasteiger charge is -2.33. The fourth-order valence-electron chi connectivity index (χ4n) is 3.93. The lowest BCUT2D eigenvalue weighted by molar-refractivity contribution is 0.258. The first-order valence-corrected chi connectivity index (χ1v) is 11.7. The Morgan fingerprint density at radius 3 is 2.74 bits per heavy atom. The number of hydrogen-bond acceptors (Lipinski definition) is 6. The summed E-state index contributed by atoms with van der Waals surface area (Å²) in [5.74, 6) is 0.148. The van der Waals surface area contributed by atoms with Crippen LogP contribution in [-0.2, 0) is 10.0 Å². The zero-order chi connectivity index (χ0) is 22.2. The Labute approximate surface area is 179 Å². The summed E-state index contributed by atoms with van der Waals surface area (Å²) < 4.78 is 38.7. The number of aromatic amines is 1. The first-order chi connectivity index (χ1) is 14.8. The van der Waals surface area contributed by atoms with Gasteiger partial charge in [0.1, 0.15) is 11.5 Å². The van der Waals surface area contributed by atoms with Gasteiger partial charge in [0, 0.05) is 42.5 Å². The predicted octanol–water partition coefficient (Wildman–Crippen LogP) is 3.18. The molecule has 1 saturated heterocycles. The van der Waals surface area contributed by atoms with E-state index in [4.69, 9.17) is 6.57 Å². The van der Waals surface area contributed by atoms with Crippen molar-refractivity contribution in [2.45, 2.75) is 25.8 Å². The number of aromatic nitrogens is 4. The number of nitrogens with zero attached hydrogens (tertiary/aromatic N) is 5. The van der Waals surface area contributed by atoms with E-state index in [2.05, 4.69) is 30.1 Å². The molecule has 9 nitrogen and oxygen atoms in total. The lowest BCUT2D eigenvalue weighted by atomic mass is 9.91. The molecule has 2 N–H and O–H groups in total. The van der Waals surface area contributed by atoms with Gasteiger partial charge in [-0.15, -0.1) is 0 Å². The van der Waals surface area contributed by atoms with E-state index in [1.165, 1.54) is 22.8 Å². The van der Waals surface area contributed by atoms with Crippen LogP contribution >= 0.6 is 0 Å². The molecule has 0 aromatic carbocycles. The molecular formula is C20H22FN7O2S. The largest absolute Gasteiger partial charge is 0.352 e. The molecule has 31 heavy (non-hydrogen) atoms. The van der Waals surface area contributed by atoms with Crippen LogP contribution in [0.5, 0.6) is 0 Å². The molecule has 1 aliphatic rings. The van der Waals surface area contributed by atoms with E-state index in [0.29, 0.717) is 41.3 Å². The number of rotatable bonds is 5. The predicted molar refractivity (Wildman–Crippen MR) is 116 cm³/mol. The number of H-pyrrole nitrogens is 1. The highest BCUT2D eigenvalue weighted by Crippen LogP contribution is 2.34. The van der Waals surface area contributed by atoms with Gasteiger partial charge in [-0.25, -0.2) is 36.9 Å². The molecule has 4 heterocycles. The van der Waals surface area contributed by atoms with Gasteiger partial charge in [0.2, 0.25) is 21.7 Å². The zero-order valence-electron chi connectivity index (χ0n) is 17.1. The monoisotopic (exact) mass is 443 g/mol. The molecule has 1 atom stereocenters.